The number of hydrogen-bond donors (Lipinski definition) is 0. The lowest BCUT2D eigenvalue weighted by molar-refractivity contribution is 0.546. The minimum absolute atomic E-state index is 0.397. The molecule has 0 fully saturated rings. The largest absolute Gasteiger partial charge is 0.223 e. The van der Waals surface area contributed by atoms with Gasteiger partial charge in [0.25, 0.3) is 0 Å². The van der Waals surface area contributed by atoms with Gasteiger partial charge >= 0.3 is 0 Å². The average Bonchev–Trinajstić information content (AvgIpc) is 2.81. The lowest BCUT2D eigenvalue weighted by Gasteiger charge is -2.26. The highest BCUT2D eigenvalue weighted by atomic mass is 32.2. The molecule has 0 saturated carbocycles. The lowest BCUT2D eigenvalue weighted by Crippen LogP contribution is -2.34. The van der Waals surface area contributed by atoms with E-state index in [-0.39, 0.29) is 0 Å². The Morgan fingerprint density at radius 1 is 1.29 bits per heavy atom. The summed E-state index contributed by atoms with van der Waals surface area (Å²) in [6, 6.07) is 8.66. The van der Waals surface area contributed by atoms with Crippen LogP contribution in [0.3, 0.4) is 0 Å². The third kappa shape index (κ3) is 1.95. The first-order valence-corrected chi connectivity index (χ1v) is 7.19. The number of rotatable bonds is 4. The smallest absolute Gasteiger partial charge is 0.187 e. The van der Waals surface area contributed by atoms with E-state index in [0.29, 0.717) is 17.7 Å². The predicted molar refractivity (Wildman–Crippen MR) is 69.5 cm³/mol. The van der Waals surface area contributed by atoms with Crippen LogP contribution >= 0.6 is 0 Å². The second-order valence-corrected chi connectivity index (χ2v) is 6.61. The first kappa shape index (κ1) is 12.1. The van der Waals surface area contributed by atoms with Crippen LogP contribution < -0.4 is 0 Å². The average molecular weight is 248 g/mol. The quantitative estimate of drug-likeness (QED) is 0.767. The van der Waals surface area contributed by atoms with Crippen LogP contribution in [0.4, 0.5) is 0 Å². The lowest BCUT2D eigenvalue weighted by atomic mass is 10.0. The molecule has 0 aliphatic heterocycles. The highest BCUT2D eigenvalue weighted by Gasteiger charge is 2.42. The van der Waals surface area contributed by atoms with Crippen molar-refractivity contribution in [2.75, 3.05) is 0 Å². The standard InChI is InChI=1S/C14H16O2S/c1-2-10-14(11-6-7-12-14)17(15,16)13-8-4-3-5-9-13/h2-6,8-9,11H,1,7,10,12H2. The summed E-state index contributed by atoms with van der Waals surface area (Å²) < 4.78 is 24.5. The van der Waals surface area contributed by atoms with Crippen molar-refractivity contribution in [1.82, 2.24) is 0 Å². The fourth-order valence-corrected chi connectivity index (χ4v) is 4.28. The summed E-state index contributed by atoms with van der Waals surface area (Å²) in [6.07, 6.45) is 7.41. The summed E-state index contributed by atoms with van der Waals surface area (Å²) in [6.45, 7) is 3.68. The van der Waals surface area contributed by atoms with Crippen LogP contribution in [0.1, 0.15) is 19.3 Å². The van der Waals surface area contributed by atoms with Crippen LogP contribution in [0.15, 0.2) is 60.0 Å². The molecule has 3 heteroatoms. The van der Waals surface area contributed by atoms with Gasteiger partial charge < -0.3 is 0 Å². The molecule has 0 saturated heterocycles. The zero-order valence-electron chi connectivity index (χ0n) is 9.67. The summed E-state index contributed by atoms with van der Waals surface area (Å²) >= 11 is 0. The molecule has 1 atom stereocenters. The van der Waals surface area contributed by atoms with Gasteiger partial charge in [0.1, 0.15) is 0 Å². The number of hydrogen-bond acceptors (Lipinski definition) is 2. The van der Waals surface area contributed by atoms with Gasteiger partial charge in [-0.05, 0) is 31.4 Å². The number of sulfone groups is 1. The molecule has 1 aromatic rings. The highest BCUT2D eigenvalue weighted by Crippen LogP contribution is 2.38. The Hall–Kier alpha value is -1.35. The Kier molecular flexibility index (Phi) is 3.20. The molecule has 0 aromatic heterocycles. The van der Waals surface area contributed by atoms with Crippen molar-refractivity contribution in [1.29, 1.82) is 0 Å². The van der Waals surface area contributed by atoms with Crippen LogP contribution in [0, 0.1) is 0 Å². The highest BCUT2D eigenvalue weighted by molar-refractivity contribution is 7.93. The molecule has 0 bridgehead atoms. The third-order valence-corrected chi connectivity index (χ3v) is 5.70. The van der Waals surface area contributed by atoms with Crippen molar-refractivity contribution in [3.8, 4) is 0 Å². The molecule has 90 valence electrons. The summed E-state index contributed by atoms with van der Waals surface area (Å²) in [5.41, 5.74) is 0. The second kappa shape index (κ2) is 4.49. The van der Waals surface area contributed by atoms with E-state index >= 15 is 0 Å². The minimum atomic E-state index is -3.32. The van der Waals surface area contributed by atoms with E-state index in [1.165, 1.54) is 0 Å². The van der Waals surface area contributed by atoms with Gasteiger partial charge in [-0.2, -0.15) is 0 Å². The molecule has 2 rings (SSSR count). The molecule has 2 nitrogen and oxygen atoms in total. The first-order chi connectivity index (χ1) is 8.12. The normalized spacial score (nSPS) is 23.8. The molecule has 17 heavy (non-hydrogen) atoms. The van der Waals surface area contributed by atoms with E-state index in [0.717, 1.165) is 6.42 Å². The van der Waals surface area contributed by atoms with E-state index in [4.69, 9.17) is 0 Å². The summed E-state index contributed by atoms with van der Waals surface area (Å²) in [7, 11) is -3.32. The van der Waals surface area contributed by atoms with Crippen LogP contribution in [0.25, 0.3) is 0 Å². The molecular weight excluding hydrogens is 232 g/mol. The third-order valence-electron chi connectivity index (χ3n) is 3.23. The number of allylic oxidation sites excluding steroid dienone is 2. The van der Waals surface area contributed by atoms with Crippen molar-refractivity contribution in [2.45, 2.75) is 28.9 Å². The molecule has 0 radical (unpaired) electrons. The van der Waals surface area contributed by atoms with E-state index in [1.807, 2.05) is 18.2 Å². The topological polar surface area (TPSA) is 34.1 Å². The monoisotopic (exact) mass is 248 g/mol. The molecular formula is C14H16O2S. The van der Waals surface area contributed by atoms with E-state index in [1.54, 1.807) is 30.3 Å². The fraction of sp³-hybridized carbons (Fsp3) is 0.286. The van der Waals surface area contributed by atoms with Gasteiger partial charge in [0, 0.05) is 0 Å². The molecule has 0 amide bonds. The molecule has 1 aliphatic rings. The van der Waals surface area contributed by atoms with E-state index < -0.39 is 14.6 Å². The van der Waals surface area contributed by atoms with Crippen molar-refractivity contribution in [2.24, 2.45) is 0 Å². The first-order valence-electron chi connectivity index (χ1n) is 5.71. The summed E-state index contributed by atoms with van der Waals surface area (Å²) in [5.74, 6) is 0. The fourth-order valence-electron chi connectivity index (χ4n) is 2.29. The Bertz CT molecular complexity index is 529. The van der Waals surface area contributed by atoms with Crippen molar-refractivity contribution in [3.63, 3.8) is 0 Å². The van der Waals surface area contributed by atoms with Crippen molar-refractivity contribution < 1.29 is 8.42 Å². The van der Waals surface area contributed by atoms with Gasteiger partial charge in [-0.15, -0.1) is 6.58 Å². The Morgan fingerprint density at radius 3 is 2.53 bits per heavy atom. The van der Waals surface area contributed by atoms with Gasteiger partial charge in [-0.1, -0.05) is 36.4 Å². The predicted octanol–water partition coefficient (Wildman–Crippen LogP) is 3.13. The zero-order chi connectivity index (χ0) is 12.4. The summed E-state index contributed by atoms with van der Waals surface area (Å²) in [5, 5.41) is 0. The van der Waals surface area contributed by atoms with Crippen molar-refractivity contribution in [3.05, 3.63) is 55.1 Å². The Morgan fingerprint density at radius 2 is 2.00 bits per heavy atom. The zero-order valence-corrected chi connectivity index (χ0v) is 10.5. The molecule has 0 heterocycles. The Balaban J connectivity index is 2.50. The maximum atomic E-state index is 12.6. The van der Waals surface area contributed by atoms with Gasteiger partial charge in [0.15, 0.2) is 9.84 Å². The maximum Gasteiger partial charge on any atom is 0.187 e. The summed E-state index contributed by atoms with van der Waals surface area (Å²) in [4.78, 5) is 0.397. The van der Waals surface area contributed by atoms with Crippen LogP contribution in [-0.2, 0) is 9.84 Å². The SMILES string of the molecule is C=CCC1(S(=O)(=O)c2ccccc2)C=CCC1. The molecule has 1 aliphatic carbocycles. The van der Waals surface area contributed by atoms with Gasteiger partial charge in [-0.3, -0.25) is 0 Å². The Labute approximate surface area is 103 Å². The van der Waals surface area contributed by atoms with E-state index in [2.05, 4.69) is 6.58 Å². The van der Waals surface area contributed by atoms with Gasteiger partial charge in [-0.25, -0.2) is 8.42 Å². The van der Waals surface area contributed by atoms with Crippen LogP contribution in [0.2, 0.25) is 0 Å². The van der Waals surface area contributed by atoms with Gasteiger partial charge in [0.05, 0.1) is 9.64 Å². The second-order valence-electron chi connectivity index (χ2n) is 4.32. The molecule has 1 unspecified atom stereocenters. The van der Waals surface area contributed by atoms with Gasteiger partial charge in [0.2, 0.25) is 0 Å². The maximum absolute atomic E-state index is 12.6. The van der Waals surface area contributed by atoms with E-state index in [9.17, 15) is 8.42 Å². The molecule has 0 spiro atoms. The molecule has 0 N–H and O–H groups in total. The molecule has 1 aromatic carbocycles. The number of benzene rings is 1. The van der Waals surface area contributed by atoms with Crippen molar-refractivity contribution >= 4 is 9.84 Å². The van der Waals surface area contributed by atoms with Crippen LogP contribution in [-0.4, -0.2) is 13.2 Å². The minimum Gasteiger partial charge on any atom is -0.223 e. The van der Waals surface area contributed by atoms with Crippen LogP contribution in [0.5, 0.6) is 0 Å².